The number of nitrogens with zero attached hydrogens (tertiary/aromatic N) is 3. The van der Waals surface area contributed by atoms with Gasteiger partial charge in [-0.25, -0.2) is 8.42 Å². The van der Waals surface area contributed by atoms with E-state index in [1.165, 1.54) is 10.4 Å². The monoisotopic (exact) mass is 329 g/mol. The molecule has 0 aliphatic carbocycles. The Morgan fingerprint density at radius 2 is 2.10 bits per heavy atom. The van der Waals surface area contributed by atoms with Crippen LogP contribution in [0.3, 0.4) is 0 Å². The van der Waals surface area contributed by atoms with Crippen LogP contribution in [0.1, 0.15) is 20.3 Å². The molecule has 0 saturated carbocycles. The maximum atomic E-state index is 12.8. The van der Waals surface area contributed by atoms with Crippen LogP contribution in [-0.2, 0) is 14.8 Å². The standard InChI is InChI=1S/C12H15N3O4S2/c1-8(2)15(7-6-11(16)17)21(18,19)10-5-3-4-9-12(10)14-20-13-9/h3-5,8H,6-7H2,1-2H3,(H,16,17). The van der Waals surface area contributed by atoms with Gasteiger partial charge in [-0.2, -0.15) is 13.1 Å². The molecule has 21 heavy (non-hydrogen) atoms. The molecule has 1 heterocycles. The number of hydrogen-bond acceptors (Lipinski definition) is 6. The van der Waals surface area contributed by atoms with Crippen molar-refractivity contribution < 1.29 is 18.3 Å². The zero-order valence-corrected chi connectivity index (χ0v) is 13.2. The fraction of sp³-hybridized carbons (Fsp3) is 0.417. The van der Waals surface area contributed by atoms with Gasteiger partial charge in [0.1, 0.15) is 15.9 Å². The maximum Gasteiger partial charge on any atom is 0.304 e. The summed E-state index contributed by atoms with van der Waals surface area (Å²) in [5.74, 6) is -1.04. The van der Waals surface area contributed by atoms with E-state index in [0.29, 0.717) is 11.0 Å². The smallest absolute Gasteiger partial charge is 0.304 e. The molecule has 0 aliphatic rings. The topological polar surface area (TPSA) is 100 Å². The SMILES string of the molecule is CC(C)N(CCC(=O)O)S(=O)(=O)c1cccc2nsnc12. The Kier molecular flexibility index (Phi) is 4.55. The molecule has 114 valence electrons. The Morgan fingerprint density at radius 1 is 1.38 bits per heavy atom. The first-order chi connectivity index (χ1) is 9.84. The molecule has 0 amide bonds. The van der Waals surface area contributed by atoms with Crippen molar-refractivity contribution in [2.45, 2.75) is 31.2 Å². The van der Waals surface area contributed by atoms with Gasteiger partial charge in [0.05, 0.1) is 18.1 Å². The second-order valence-electron chi connectivity index (χ2n) is 4.74. The van der Waals surface area contributed by atoms with Crippen molar-refractivity contribution in [3.8, 4) is 0 Å². The molecule has 1 aromatic heterocycles. The molecule has 0 spiro atoms. The molecule has 0 aliphatic heterocycles. The van der Waals surface area contributed by atoms with Crippen LogP contribution < -0.4 is 0 Å². The minimum atomic E-state index is -3.82. The summed E-state index contributed by atoms with van der Waals surface area (Å²) in [5.41, 5.74) is 0.839. The molecule has 1 N–H and O–H groups in total. The van der Waals surface area contributed by atoms with Crippen LogP contribution in [0.5, 0.6) is 0 Å². The van der Waals surface area contributed by atoms with E-state index in [4.69, 9.17) is 5.11 Å². The molecule has 1 aromatic carbocycles. The quantitative estimate of drug-likeness (QED) is 0.863. The van der Waals surface area contributed by atoms with Crippen LogP contribution in [0.15, 0.2) is 23.1 Å². The predicted octanol–water partition coefficient (Wildman–Crippen LogP) is 1.57. The van der Waals surface area contributed by atoms with E-state index in [2.05, 4.69) is 8.75 Å². The maximum absolute atomic E-state index is 12.8. The molecule has 0 atom stereocenters. The van der Waals surface area contributed by atoms with Gasteiger partial charge in [0, 0.05) is 12.6 Å². The number of aliphatic carboxylic acids is 1. The van der Waals surface area contributed by atoms with Gasteiger partial charge in [0.25, 0.3) is 0 Å². The minimum absolute atomic E-state index is 0.0628. The van der Waals surface area contributed by atoms with Crippen molar-refractivity contribution >= 4 is 38.8 Å². The summed E-state index contributed by atoms with van der Waals surface area (Å²) >= 11 is 0.944. The third-order valence-corrected chi connectivity index (χ3v) is 5.61. The van der Waals surface area contributed by atoms with Crippen LogP contribution in [0, 0.1) is 0 Å². The van der Waals surface area contributed by atoms with Crippen LogP contribution >= 0.6 is 11.7 Å². The normalized spacial score (nSPS) is 12.4. The molecule has 7 nitrogen and oxygen atoms in total. The first-order valence-electron chi connectivity index (χ1n) is 6.29. The van der Waals surface area contributed by atoms with Crippen molar-refractivity contribution in [1.82, 2.24) is 13.1 Å². The average molecular weight is 329 g/mol. The first-order valence-corrected chi connectivity index (χ1v) is 8.46. The fourth-order valence-corrected chi connectivity index (χ4v) is 4.37. The van der Waals surface area contributed by atoms with Gasteiger partial charge < -0.3 is 5.11 Å². The Balaban J connectivity index is 2.47. The minimum Gasteiger partial charge on any atom is -0.481 e. The van der Waals surface area contributed by atoms with Crippen LogP contribution in [0.4, 0.5) is 0 Å². The number of rotatable bonds is 6. The zero-order chi connectivity index (χ0) is 15.6. The van der Waals surface area contributed by atoms with E-state index in [0.717, 1.165) is 11.7 Å². The summed E-state index contributed by atoms with van der Waals surface area (Å²) in [6.07, 6.45) is -0.247. The van der Waals surface area contributed by atoms with E-state index in [1.54, 1.807) is 26.0 Å². The van der Waals surface area contributed by atoms with E-state index >= 15 is 0 Å². The Hall–Kier alpha value is -1.58. The van der Waals surface area contributed by atoms with Gasteiger partial charge in [0.15, 0.2) is 0 Å². The lowest BCUT2D eigenvalue weighted by molar-refractivity contribution is -0.137. The summed E-state index contributed by atoms with van der Waals surface area (Å²) in [6, 6.07) is 4.41. The highest BCUT2D eigenvalue weighted by Gasteiger charge is 2.29. The highest BCUT2D eigenvalue weighted by atomic mass is 32.2. The van der Waals surface area contributed by atoms with Crippen molar-refractivity contribution in [1.29, 1.82) is 0 Å². The third-order valence-electron chi connectivity index (χ3n) is 2.96. The molecular formula is C12H15N3O4S2. The number of hydrogen-bond donors (Lipinski definition) is 1. The van der Waals surface area contributed by atoms with Crippen molar-refractivity contribution in [2.24, 2.45) is 0 Å². The number of sulfonamides is 1. The average Bonchev–Trinajstić information content (AvgIpc) is 2.85. The van der Waals surface area contributed by atoms with Gasteiger partial charge in [-0.3, -0.25) is 4.79 Å². The largest absolute Gasteiger partial charge is 0.481 e. The first kappa shape index (κ1) is 15.8. The molecule has 0 radical (unpaired) electrons. The van der Waals surface area contributed by atoms with Crippen LogP contribution in [0.25, 0.3) is 11.0 Å². The molecule has 0 bridgehead atoms. The number of fused-ring (bicyclic) bond motifs is 1. The number of carboxylic acid groups (broad SMARTS) is 1. The van der Waals surface area contributed by atoms with E-state index in [9.17, 15) is 13.2 Å². The molecule has 2 rings (SSSR count). The highest BCUT2D eigenvalue weighted by Crippen LogP contribution is 2.25. The van der Waals surface area contributed by atoms with Crippen molar-refractivity contribution in [3.63, 3.8) is 0 Å². The fourth-order valence-electron chi connectivity index (χ4n) is 1.98. The predicted molar refractivity (Wildman–Crippen MR) is 78.7 cm³/mol. The van der Waals surface area contributed by atoms with E-state index < -0.39 is 16.0 Å². The Morgan fingerprint density at radius 3 is 2.71 bits per heavy atom. The Bertz CT molecular complexity index is 755. The van der Waals surface area contributed by atoms with Gasteiger partial charge in [-0.1, -0.05) is 6.07 Å². The lowest BCUT2D eigenvalue weighted by atomic mass is 10.3. The van der Waals surface area contributed by atoms with Gasteiger partial charge in [0.2, 0.25) is 10.0 Å². The zero-order valence-electron chi connectivity index (χ0n) is 11.6. The lowest BCUT2D eigenvalue weighted by Gasteiger charge is -2.25. The third kappa shape index (κ3) is 3.20. The van der Waals surface area contributed by atoms with Gasteiger partial charge in [-0.15, -0.1) is 0 Å². The highest BCUT2D eigenvalue weighted by molar-refractivity contribution is 7.89. The second-order valence-corrected chi connectivity index (χ2v) is 7.13. The molecule has 2 aromatic rings. The van der Waals surface area contributed by atoms with Crippen LogP contribution in [0.2, 0.25) is 0 Å². The molecular weight excluding hydrogens is 314 g/mol. The lowest BCUT2D eigenvalue weighted by Crippen LogP contribution is -2.38. The van der Waals surface area contributed by atoms with Gasteiger partial charge >= 0.3 is 5.97 Å². The Labute approximate surface area is 126 Å². The van der Waals surface area contributed by atoms with Gasteiger partial charge in [-0.05, 0) is 26.0 Å². The summed E-state index contributed by atoms with van der Waals surface area (Å²) in [6.45, 7) is 3.33. The molecule has 0 saturated heterocycles. The summed E-state index contributed by atoms with van der Waals surface area (Å²) in [5, 5.41) is 8.78. The number of aromatic nitrogens is 2. The summed E-state index contributed by atoms with van der Waals surface area (Å²) in [7, 11) is -3.82. The van der Waals surface area contributed by atoms with Crippen molar-refractivity contribution in [3.05, 3.63) is 18.2 Å². The summed E-state index contributed by atoms with van der Waals surface area (Å²) in [4.78, 5) is 10.8. The molecule has 0 fully saturated rings. The van der Waals surface area contributed by atoms with Crippen LogP contribution in [-0.4, -0.2) is 45.1 Å². The van der Waals surface area contributed by atoms with E-state index in [1.807, 2.05) is 0 Å². The van der Waals surface area contributed by atoms with E-state index in [-0.39, 0.29) is 23.9 Å². The second kappa shape index (κ2) is 6.04. The molecule has 0 unspecified atom stereocenters. The molecule has 9 heteroatoms. The number of benzene rings is 1. The summed E-state index contributed by atoms with van der Waals surface area (Å²) < 4.78 is 34.8. The number of carbonyl (C=O) groups is 1. The number of carboxylic acids is 1. The van der Waals surface area contributed by atoms with Crippen molar-refractivity contribution in [2.75, 3.05) is 6.54 Å².